The molecule has 0 saturated heterocycles. The highest BCUT2D eigenvalue weighted by atomic mass is 35.5. The molecule has 1 N–H and O–H groups in total. The molecule has 1 aliphatic carbocycles. The molecule has 2 aromatic rings. The van der Waals surface area contributed by atoms with E-state index < -0.39 is 11.4 Å². The van der Waals surface area contributed by atoms with E-state index in [2.05, 4.69) is 0 Å². The second-order valence-corrected chi connectivity index (χ2v) is 5.91. The average molecular weight is 307 g/mol. The van der Waals surface area contributed by atoms with Gasteiger partial charge in [0.05, 0.1) is 0 Å². The van der Waals surface area contributed by atoms with Crippen LogP contribution in [0.15, 0.2) is 48.5 Å². The van der Waals surface area contributed by atoms with Crippen LogP contribution in [0.3, 0.4) is 0 Å². The molecule has 1 aliphatic rings. The zero-order valence-corrected chi connectivity index (χ0v) is 12.0. The van der Waals surface area contributed by atoms with Crippen molar-refractivity contribution < 1.29 is 9.90 Å². The first-order valence-corrected chi connectivity index (χ1v) is 7.05. The summed E-state index contributed by atoms with van der Waals surface area (Å²) in [6.45, 7) is 0. The SMILES string of the molecule is O=C(O)[C@@]1(c2ccccc2Cl)C[C@@H]1c1cccc(Cl)c1. The molecule has 0 heterocycles. The van der Waals surface area contributed by atoms with Crippen molar-refractivity contribution in [3.8, 4) is 0 Å². The van der Waals surface area contributed by atoms with Crippen molar-refractivity contribution >= 4 is 29.2 Å². The number of carbonyl (C=O) groups is 1. The van der Waals surface area contributed by atoms with Gasteiger partial charge < -0.3 is 5.11 Å². The Morgan fingerprint density at radius 3 is 2.55 bits per heavy atom. The zero-order valence-electron chi connectivity index (χ0n) is 10.5. The maximum Gasteiger partial charge on any atom is 0.314 e. The molecule has 0 aliphatic heterocycles. The van der Waals surface area contributed by atoms with Crippen LogP contribution in [0.2, 0.25) is 10.0 Å². The van der Waals surface area contributed by atoms with Crippen LogP contribution in [-0.4, -0.2) is 11.1 Å². The number of rotatable bonds is 3. The minimum absolute atomic E-state index is 0.0846. The molecule has 3 rings (SSSR count). The first-order chi connectivity index (χ1) is 9.55. The number of benzene rings is 2. The van der Waals surface area contributed by atoms with Gasteiger partial charge in [-0.15, -0.1) is 0 Å². The Morgan fingerprint density at radius 1 is 1.15 bits per heavy atom. The molecular weight excluding hydrogens is 295 g/mol. The molecule has 4 heteroatoms. The molecule has 102 valence electrons. The number of carboxylic acids is 1. The van der Waals surface area contributed by atoms with Gasteiger partial charge in [0, 0.05) is 16.0 Å². The third kappa shape index (κ3) is 2.00. The summed E-state index contributed by atoms with van der Waals surface area (Å²) in [6.07, 6.45) is 0.548. The molecular formula is C16H12Cl2O2. The van der Waals surface area contributed by atoms with Gasteiger partial charge in [-0.2, -0.15) is 0 Å². The van der Waals surface area contributed by atoms with E-state index in [1.54, 1.807) is 24.3 Å². The Labute approximate surface area is 127 Å². The van der Waals surface area contributed by atoms with E-state index in [-0.39, 0.29) is 5.92 Å². The summed E-state index contributed by atoms with van der Waals surface area (Å²) in [5.74, 6) is -0.922. The topological polar surface area (TPSA) is 37.3 Å². The summed E-state index contributed by atoms with van der Waals surface area (Å²) >= 11 is 12.2. The summed E-state index contributed by atoms with van der Waals surface area (Å²) in [6, 6.07) is 14.5. The molecule has 1 saturated carbocycles. The second-order valence-electron chi connectivity index (χ2n) is 5.07. The number of hydrogen-bond donors (Lipinski definition) is 1. The first-order valence-electron chi connectivity index (χ1n) is 6.29. The van der Waals surface area contributed by atoms with Crippen LogP contribution < -0.4 is 0 Å². The Bertz CT molecular complexity index is 684. The molecule has 1 fully saturated rings. The fraction of sp³-hybridized carbons (Fsp3) is 0.188. The molecule has 2 atom stereocenters. The van der Waals surface area contributed by atoms with Crippen molar-refractivity contribution in [1.29, 1.82) is 0 Å². The molecule has 0 radical (unpaired) electrons. The largest absolute Gasteiger partial charge is 0.481 e. The molecule has 0 bridgehead atoms. The van der Waals surface area contributed by atoms with Gasteiger partial charge in [-0.05, 0) is 35.7 Å². The average Bonchev–Trinajstić information content (AvgIpc) is 3.16. The fourth-order valence-corrected chi connectivity index (χ4v) is 3.36. The van der Waals surface area contributed by atoms with Gasteiger partial charge in [0.15, 0.2) is 0 Å². The lowest BCUT2D eigenvalue weighted by atomic mass is 9.91. The van der Waals surface area contributed by atoms with Crippen molar-refractivity contribution in [2.24, 2.45) is 0 Å². The smallest absolute Gasteiger partial charge is 0.314 e. The molecule has 2 nitrogen and oxygen atoms in total. The maximum atomic E-state index is 11.8. The molecule has 20 heavy (non-hydrogen) atoms. The van der Waals surface area contributed by atoms with Crippen LogP contribution in [0.4, 0.5) is 0 Å². The van der Waals surface area contributed by atoms with Crippen molar-refractivity contribution in [3.63, 3.8) is 0 Å². The predicted molar refractivity (Wildman–Crippen MR) is 79.6 cm³/mol. The minimum Gasteiger partial charge on any atom is -0.481 e. The van der Waals surface area contributed by atoms with E-state index >= 15 is 0 Å². The van der Waals surface area contributed by atoms with Crippen LogP contribution in [0, 0.1) is 0 Å². The highest BCUT2D eigenvalue weighted by Crippen LogP contribution is 2.62. The summed E-state index contributed by atoms with van der Waals surface area (Å²) in [4.78, 5) is 11.8. The van der Waals surface area contributed by atoms with Crippen molar-refractivity contribution in [1.82, 2.24) is 0 Å². The summed E-state index contributed by atoms with van der Waals surface area (Å²) in [5.41, 5.74) is 0.696. The first kappa shape index (κ1) is 13.5. The highest BCUT2D eigenvalue weighted by Gasteiger charge is 2.62. The van der Waals surface area contributed by atoms with Gasteiger partial charge in [-0.1, -0.05) is 53.5 Å². The van der Waals surface area contributed by atoms with E-state index in [4.69, 9.17) is 23.2 Å². The van der Waals surface area contributed by atoms with E-state index in [0.29, 0.717) is 22.0 Å². The van der Waals surface area contributed by atoms with Gasteiger partial charge in [0.25, 0.3) is 0 Å². The van der Waals surface area contributed by atoms with Crippen LogP contribution in [0.1, 0.15) is 23.5 Å². The molecule has 0 unspecified atom stereocenters. The van der Waals surface area contributed by atoms with Gasteiger partial charge in [0.1, 0.15) is 5.41 Å². The third-order valence-corrected chi connectivity index (χ3v) is 4.51. The van der Waals surface area contributed by atoms with E-state index in [1.807, 2.05) is 24.3 Å². The predicted octanol–water partition coefficient (Wildman–Crippen LogP) is 4.50. The molecule has 2 aromatic carbocycles. The van der Waals surface area contributed by atoms with Crippen LogP contribution in [0.25, 0.3) is 0 Å². The number of aliphatic carboxylic acids is 1. The summed E-state index contributed by atoms with van der Waals surface area (Å²) in [5, 5.41) is 10.8. The fourth-order valence-electron chi connectivity index (χ4n) is 2.86. The monoisotopic (exact) mass is 306 g/mol. The number of halogens is 2. The van der Waals surface area contributed by atoms with Gasteiger partial charge >= 0.3 is 5.97 Å². The van der Waals surface area contributed by atoms with Gasteiger partial charge in [-0.25, -0.2) is 0 Å². The summed E-state index contributed by atoms with van der Waals surface area (Å²) < 4.78 is 0. The van der Waals surface area contributed by atoms with Crippen molar-refractivity contribution in [2.45, 2.75) is 17.8 Å². The van der Waals surface area contributed by atoms with E-state index in [1.165, 1.54) is 0 Å². The highest BCUT2D eigenvalue weighted by molar-refractivity contribution is 6.32. The lowest BCUT2D eigenvalue weighted by Crippen LogP contribution is -2.22. The Morgan fingerprint density at radius 2 is 1.90 bits per heavy atom. The Kier molecular flexibility index (Phi) is 3.23. The zero-order chi connectivity index (χ0) is 14.3. The quantitative estimate of drug-likeness (QED) is 0.906. The van der Waals surface area contributed by atoms with Crippen LogP contribution in [-0.2, 0) is 10.2 Å². The van der Waals surface area contributed by atoms with Crippen LogP contribution >= 0.6 is 23.2 Å². The van der Waals surface area contributed by atoms with E-state index in [9.17, 15) is 9.90 Å². The normalized spacial score (nSPS) is 24.4. The second kappa shape index (κ2) is 4.80. The third-order valence-electron chi connectivity index (χ3n) is 3.95. The van der Waals surface area contributed by atoms with Crippen molar-refractivity contribution in [3.05, 3.63) is 69.7 Å². The minimum atomic E-state index is -0.928. The maximum absolute atomic E-state index is 11.8. The molecule has 0 spiro atoms. The van der Waals surface area contributed by atoms with Crippen LogP contribution in [0.5, 0.6) is 0 Å². The number of carboxylic acid groups (broad SMARTS) is 1. The van der Waals surface area contributed by atoms with Gasteiger partial charge in [0.2, 0.25) is 0 Å². The van der Waals surface area contributed by atoms with E-state index in [0.717, 1.165) is 5.56 Å². The van der Waals surface area contributed by atoms with Gasteiger partial charge in [-0.3, -0.25) is 4.79 Å². The molecule has 0 amide bonds. The Balaban J connectivity index is 2.06. The van der Waals surface area contributed by atoms with Crippen molar-refractivity contribution in [2.75, 3.05) is 0 Å². The molecule has 0 aromatic heterocycles. The number of hydrogen-bond acceptors (Lipinski definition) is 1. The lowest BCUT2D eigenvalue weighted by molar-refractivity contribution is -0.140. The lowest BCUT2D eigenvalue weighted by Gasteiger charge is -2.15. The Hall–Kier alpha value is -1.51. The summed E-state index contributed by atoms with van der Waals surface area (Å²) in [7, 11) is 0. The standard InChI is InChI=1S/C16H12Cl2O2/c17-11-5-3-4-10(8-11)13-9-16(13,15(19)20)12-6-1-2-7-14(12)18/h1-8,13H,9H2,(H,19,20)/t13-,16-/m1/s1.